The van der Waals surface area contributed by atoms with Crippen LogP contribution < -0.4 is 5.32 Å². The molecule has 9 heteroatoms. The minimum atomic E-state index is -4.49. The van der Waals surface area contributed by atoms with Gasteiger partial charge in [-0.3, -0.25) is 9.78 Å². The first-order chi connectivity index (χ1) is 11.8. The molecule has 1 amide bonds. The van der Waals surface area contributed by atoms with Crippen molar-refractivity contribution in [2.24, 2.45) is 0 Å². The van der Waals surface area contributed by atoms with Crippen LogP contribution in [0.15, 0.2) is 23.8 Å². The lowest BCUT2D eigenvalue weighted by Gasteiger charge is -2.32. The van der Waals surface area contributed by atoms with Crippen molar-refractivity contribution in [3.05, 3.63) is 35.1 Å². The normalized spacial score (nSPS) is 19.5. The van der Waals surface area contributed by atoms with Crippen molar-refractivity contribution in [2.75, 3.05) is 6.54 Å². The van der Waals surface area contributed by atoms with Crippen molar-refractivity contribution >= 4 is 19.1 Å². The van der Waals surface area contributed by atoms with Crippen molar-refractivity contribution in [2.45, 2.75) is 52.0 Å². The fourth-order valence-electron chi connectivity index (χ4n) is 2.30. The largest absolute Gasteiger partial charge is 0.492 e. The summed E-state index contributed by atoms with van der Waals surface area (Å²) in [5.41, 5.74) is -1.08. The minimum Gasteiger partial charge on any atom is -0.400 e. The summed E-state index contributed by atoms with van der Waals surface area (Å²) < 4.78 is 49.9. The van der Waals surface area contributed by atoms with Crippen LogP contribution in [0.1, 0.15) is 45.9 Å². The van der Waals surface area contributed by atoms with Crippen molar-refractivity contribution in [1.82, 2.24) is 10.3 Å². The first-order valence-electron chi connectivity index (χ1n) is 8.16. The Morgan fingerprint density at radius 1 is 1.23 bits per heavy atom. The number of nitrogens with one attached hydrogen (secondary N) is 1. The minimum absolute atomic E-state index is 0.146. The number of pyridine rings is 1. The summed E-state index contributed by atoms with van der Waals surface area (Å²) in [4.78, 5) is 14.7. The molecule has 5 nitrogen and oxygen atoms in total. The number of carbonyl (C=O) groups excluding carboxylic acids is 1. The van der Waals surface area contributed by atoms with E-state index in [4.69, 9.17) is 9.31 Å². The number of amides is 1. The SMILES string of the molecule is CC(=O)NCC(=Cc1ccc(C(F)(F)F)nc1)B1OC(C)(C)C(C)(C)O1. The van der Waals surface area contributed by atoms with Crippen LogP contribution in [0.2, 0.25) is 0 Å². The Labute approximate surface area is 151 Å². The van der Waals surface area contributed by atoms with Crippen molar-refractivity contribution in [3.8, 4) is 0 Å². The molecule has 2 heterocycles. The van der Waals surface area contributed by atoms with E-state index in [0.29, 0.717) is 11.0 Å². The second-order valence-corrected chi connectivity index (χ2v) is 7.19. The van der Waals surface area contributed by atoms with Gasteiger partial charge in [-0.05, 0) is 44.8 Å². The van der Waals surface area contributed by atoms with E-state index in [2.05, 4.69) is 10.3 Å². The van der Waals surface area contributed by atoms with E-state index in [9.17, 15) is 18.0 Å². The highest BCUT2D eigenvalue weighted by atomic mass is 19.4. The fraction of sp³-hybridized carbons (Fsp3) is 0.529. The van der Waals surface area contributed by atoms with Crippen molar-refractivity contribution in [3.63, 3.8) is 0 Å². The van der Waals surface area contributed by atoms with Crippen LogP contribution in [0.4, 0.5) is 13.2 Å². The average Bonchev–Trinajstić information content (AvgIpc) is 2.71. The molecule has 1 N–H and O–H groups in total. The monoisotopic (exact) mass is 370 g/mol. The molecule has 26 heavy (non-hydrogen) atoms. The molecule has 0 aliphatic carbocycles. The zero-order valence-electron chi connectivity index (χ0n) is 15.4. The lowest BCUT2D eigenvalue weighted by Crippen LogP contribution is -2.41. The molecule has 1 fully saturated rings. The first-order valence-corrected chi connectivity index (χ1v) is 8.16. The van der Waals surface area contributed by atoms with E-state index in [1.54, 1.807) is 6.08 Å². The van der Waals surface area contributed by atoms with Gasteiger partial charge in [-0.2, -0.15) is 13.2 Å². The number of carbonyl (C=O) groups is 1. The number of hydrogen-bond acceptors (Lipinski definition) is 4. The van der Waals surface area contributed by atoms with E-state index < -0.39 is 30.2 Å². The lowest BCUT2D eigenvalue weighted by atomic mass is 9.77. The molecule has 0 aromatic carbocycles. The predicted molar refractivity (Wildman–Crippen MR) is 92.0 cm³/mol. The summed E-state index contributed by atoms with van der Waals surface area (Å²) in [5.74, 6) is -0.238. The molecule has 0 atom stereocenters. The maximum atomic E-state index is 12.6. The Kier molecular flexibility index (Phi) is 5.53. The summed E-state index contributed by atoms with van der Waals surface area (Å²) in [6.45, 7) is 9.09. The molecule has 0 bridgehead atoms. The maximum absolute atomic E-state index is 12.6. The third kappa shape index (κ3) is 4.65. The van der Waals surface area contributed by atoms with Gasteiger partial charge in [0.15, 0.2) is 0 Å². The van der Waals surface area contributed by atoms with Gasteiger partial charge in [0, 0.05) is 19.7 Å². The molecule has 1 aromatic rings. The molecular weight excluding hydrogens is 348 g/mol. The number of hydrogen-bond donors (Lipinski definition) is 1. The van der Waals surface area contributed by atoms with Gasteiger partial charge in [0.05, 0.1) is 11.2 Å². The van der Waals surface area contributed by atoms with Gasteiger partial charge in [0.2, 0.25) is 5.91 Å². The van der Waals surface area contributed by atoms with E-state index in [0.717, 1.165) is 12.3 Å². The number of rotatable bonds is 4. The van der Waals surface area contributed by atoms with Gasteiger partial charge in [0.1, 0.15) is 5.69 Å². The van der Waals surface area contributed by atoms with Crippen LogP contribution in [0.3, 0.4) is 0 Å². The van der Waals surface area contributed by atoms with Gasteiger partial charge in [-0.15, -0.1) is 0 Å². The zero-order chi connectivity index (χ0) is 19.8. The van der Waals surface area contributed by atoms with Crippen LogP contribution in [0.25, 0.3) is 6.08 Å². The summed E-state index contributed by atoms with van der Waals surface area (Å²) in [6, 6.07) is 2.22. The van der Waals surface area contributed by atoms with Crippen LogP contribution in [-0.4, -0.2) is 35.8 Å². The summed E-state index contributed by atoms with van der Waals surface area (Å²) in [5, 5.41) is 2.67. The van der Waals surface area contributed by atoms with E-state index >= 15 is 0 Å². The number of alkyl halides is 3. The van der Waals surface area contributed by atoms with Crippen LogP contribution in [0, 0.1) is 0 Å². The number of aromatic nitrogens is 1. The van der Waals surface area contributed by atoms with E-state index in [-0.39, 0.29) is 12.5 Å². The van der Waals surface area contributed by atoms with E-state index in [1.165, 1.54) is 13.0 Å². The molecule has 1 aliphatic rings. The molecule has 0 unspecified atom stereocenters. The summed E-state index contributed by atoms with van der Waals surface area (Å²) in [7, 11) is -0.728. The maximum Gasteiger partial charge on any atom is 0.492 e. The van der Waals surface area contributed by atoms with Crippen molar-refractivity contribution < 1.29 is 27.3 Å². The molecule has 1 aliphatic heterocycles. The zero-order valence-corrected chi connectivity index (χ0v) is 15.4. The van der Waals surface area contributed by atoms with Crippen LogP contribution in [0.5, 0.6) is 0 Å². The van der Waals surface area contributed by atoms with Gasteiger partial charge in [-0.25, -0.2) is 0 Å². The standard InChI is InChI=1S/C17H22BF3N2O3/c1-11(24)22-10-13(18-25-15(2,3)16(4,5)26-18)8-12-6-7-14(23-9-12)17(19,20)21/h6-9H,10H2,1-5H3,(H,22,24). The smallest absolute Gasteiger partial charge is 0.400 e. The van der Waals surface area contributed by atoms with Gasteiger partial charge in [0.25, 0.3) is 0 Å². The Balaban J connectivity index is 2.30. The highest BCUT2D eigenvalue weighted by Gasteiger charge is 2.52. The van der Waals surface area contributed by atoms with Crippen LogP contribution in [-0.2, 0) is 20.3 Å². The fourth-order valence-corrected chi connectivity index (χ4v) is 2.30. The predicted octanol–water partition coefficient (Wildman–Crippen LogP) is 3.25. The second-order valence-electron chi connectivity index (χ2n) is 7.19. The molecule has 2 rings (SSSR count). The number of halogens is 3. The molecular formula is C17H22BF3N2O3. The van der Waals surface area contributed by atoms with Crippen molar-refractivity contribution in [1.29, 1.82) is 0 Å². The quantitative estimate of drug-likeness (QED) is 0.827. The molecule has 142 valence electrons. The molecule has 0 saturated carbocycles. The Morgan fingerprint density at radius 3 is 2.23 bits per heavy atom. The molecule has 1 aromatic heterocycles. The van der Waals surface area contributed by atoms with E-state index in [1.807, 2.05) is 27.7 Å². The Hall–Kier alpha value is -1.87. The topological polar surface area (TPSA) is 60.5 Å². The third-order valence-electron chi connectivity index (χ3n) is 4.53. The highest BCUT2D eigenvalue weighted by molar-refractivity contribution is 6.56. The van der Waals surface area contributed by atoms with Gasteiger partial charge >= 0.3 is 13.3 Å². The average molecular weight is 370 g/mol. The van der Waals surface area contributed by atoms with Gasteiger partial charge in [-0.1, -0.05) is 12.1 Å². The second kappa shape index (κ2) is 7.04. The molecule has 0 radical (unpaired) electrons. The summed E-state index contributed by atoms with van der Waals surface area (Å²) in [6.07, 6.45) is -1.75. The van der Waals surface area contributed by atoms with Gasteiger partial charge < -0.3 is 14.6 Å². The first kappa shape index (κ1) is 20.4. The highest BCUT2D eigenvalue weighted by Crippen LogP contribution is 2.38. The lowest BCUT2D eigenvalue weighted by molar-refractivity contribution is -0.141. The summed E-state index contributed by atoms with van der Waals surface area (Å²) >= 11 is 0. The Morgan fingerprint density at radius 2 is 1.81 bits per heavy atom. The molecule has 0 spiro atoms. The third-order valence-corrected chi connectivity index (χ3v) is 4.53. The Bertz CT molecular complexity index is 684. The molecule has 1 saturated heterocycles. The van der Waals surface area contributed by atoms with Crippen LogP contribution >= 0.6 is 0 Å². The number of nitrogens with zero attached hydrogens (tertiary/aromatic N) is 1.